The van der Waals surface area contributed by atoms with E-state index in [1.807, 2.05) is 12.1 Å². The molecule has 0 saturated carbocycles. The SMILES string of the molecule is COc1ccccc1OCCNC(=O)c1ccc(C)c(S(=O)(=O)Nc2ccccc2)c1. The second-order valence-corrected chi connectivity index (χ2v) is 8.36. The lowest BCUT2D eigenvalue weighted by Crippen LogP contribution is -2.28. The highest BCUT2D eigenvalue weighted by atomic mass is 32.2. The molecule has 0 heterocycles. The lowest BCUT2D eigenvalue weighted by molar-refractivity contribution is 0.0946. The number of hydrogen-bond acceptors (Lipinski definition) is 5. The fourth-order valence-corrected chi connectivity index (χ4v) is 4.24. The van der Waals surface area contributed by atoms with Gasteiger partial charge >= 0.3 is 0 Å². The maximum atomic E-state index is 12.8. The van der Waals surface area contributed by atoms with Crippen molar-refractivity contribution in [2.75, 3.05) is 25.0 Å². The molecule has 0 aromatic heterocycles. The Morgan fingerprint density at radius 2 is 1.61 bits per heavy atom. The summed E-state index contributed by atoms with van der Waals surface area (Å²) < 4.78 is 39.0. The van der Waals surface area contributed by atoms with Crippen molar-refractivity contribution in [2.24, 2.45) is 0 Å². The van der Waals surface area contributed by atoms with Crippen LogP contribution >= 0.6 is 0 Å². The van der Waals surface area contributed by atoms with Crippen molar-refractivity contribution in [1.29, 1.82) is 0 Å². The first-order chi connectivity index (χ1) is 14.9. The first kappa shape index (κ1) is 22.2. The molecule has 2 N–H and O–H groups in total. The van der Waals surface area contributed by atoms with Gasteiger partial charge in [0, 0.05) is 11.3 Å². The number of nitrogens with one attached hydrogen (secondary N) is 2. The Balaban J connectivity index is 1.64. The molecule has 0 radical (unpaired) electrons. The minimum atomic E-state index is -3.84. The van der Waals surface area contributed by atoms with E-state index in [0.29, 0.717) is 22.7 Å². The molecule has 3 aromatic rings. The lowest BCUT2D eigenvalue weighted by atomic mass is 10.1. The first-order valence-corrected chi connectivity index (χ1v) is 11.1. The van der Waals surface area contributed by atoms with Crippen molar-refractivity contribution in [3.8, 4) is 11.5 Å². The van der Waals surface area contributed by atoms with Gasteiger partial charge in [0.2, 0.25) is 0 Å². The molecule has 0 atom stereocenters. The topological polar surface area (TPSA) is 93.7 Å². The first-order valence-electron chi connectivity index (χ1n) is 9.63. The Hall–Kier alpha value is -3.52. The quantitative estimate of drug-likeness (QED) is 0.496. The Labute approximate surface area is 182 Å². The minimum Gasteiger partial charge on any atom is -0.493 e. The molecule has 3 rings (SSSR count). The predicted molar refractivity (Wildman–Crippen MR) is 119 cm³/mol. The summed E-state index contributed by atoms with van der Waals surface area (Å²) in [6.07, 6.45) is 0. The fourth-order valence-electron chi connectivity index (χ4n) is 2.91. The summed E-state index contributed by atoms with van der Waals surface area (Å²) in [6, 6.07) is 20.4. The molecule has 0 spiro atoms. The van der Waals surface area contributed by atoms with Gasteiger partial charge in [-0.15, -0.1) is 0 Å². The third kappa shape index (κ3) is 5.76. The molecule has 7 nitrogen and oxygen atoms in total. The van der Waals surface area contributed by atoms with Gasteiger partial charge in [-0.3, -0.25) is 9.52 Å². The van der Waals surface area contributed by atoms with Crippen molar-refractivity contribution in [2.45, 2.75) is 11.8 Å². The molecular formula is C23H24N2O5S. The Morgan fingerprint density at radius 1 is 0.935 bits per heavy atom. The van der Waals surface area contributed by atoms with Crippen molar-refractivity contribution in [3.63, 3.8) is 0 Å². The molecule has 162 valence electrons. The van der Waals surface area contributed by atoms with Crippen LogP contribution in [0.1, 0.15) is 15.9 Å². The third-order valence-electron chi connectivity index (χ3n) is 4.48. The zero-order valence-electron chi connectivity index (χ0n) is 17.3. The number of carbonyl (C=O) groups is 1. The summed E-state index contributed by atoms with van der Waals surface area (Å²) in [5.41, 5.74) is 1.24. The molecule has 0 fully saturated rings. The van der Waals surface area contributed by atoms with Crippen LogP contribution in [0.25, 0.3) is 0 Å². The van der Waals surface area contributed by atoms with Crippen molar-refractivity contribution >= 4 is 21.6 Å². The molecule has 1 amide bonds. The molecule has 8 heteroatoms. The number of para-hydroxylation sites is 3. The highest BCUT2D eigenvalue weighted by Crippen LogP contribution is 2.25. The number of ether oxygens (including phenoxy) is 2. The molecule has 0 saturated heterocycles. The standard InChI is InChI=1S/C23H24N2O5S/c1-17-12-13-18(16-22(17)31(27,28)25-19-8-4-3-5-9-19)23(26)24-14-15-30-21-11-7-6-10-20(21)29-2/h3-13,16,25H,14-15H2,1-2H3,(H,24,26). The smallest absolute Gasteiger partial charge is 0.262 e. The van der Waals surface area contributed by atoms with E-state index in [4.69, 9.17) is 9.47 Å². The highest BCUT2D eigenvalue weighted by molar-refractivity contribution is 7.92. The molecule has 0 bridgehead atoms. The van der Waals surface area contributed by atoms with E-state index in [-0.39, 0.29) is 29.5 Å². The molecule has 31 heavy (non-hydrogen) atoms. The molecule has 0 aliphatic rings. The zero-order chi connectivity index (χ0) is 22.3. The molecule has 0 aliphatic carbocycles. The number of hydrogen-bond donors (Lipinski definition) is 2. The van der Waals surface area contributed by atoms with Gasteiger partial charge in [-0.25, -0.2) is 8.42 Å². The Bertz CT molecular complexity index is 1150. The van der Waals surface area contributed by atoms with Crippen LogP contribution in [0.4, 0.5) is 5.69 Å². The number of amides is 1. The van der Waals surface area contributed by atoms with Crippen LogP contribution < -0.4 is 19.5 Å². The monoisotopic (exact) mass is 440 g/mol. The van der Waals surface area contributed by atoms with Crippen molar-refractivity contribution in [1.82, 2.24) is 5.32 Å². The summed E-state index contributed by atoms with van der Waals surface area (Å²) in [4.78, 5) is 12.6. The van der Waals surface area contributed by atoms with E-state index < -0.39 is 10.0 Å². The molecule has 0 aliphatic heterocycles. The van der Waals surface area contributed by atoms with E-state index in [2.05, 4.69) is 10.0 Å². The highest BCUT2D eigenvalue weighted by Gasteiger charge is 2.19. The van der Waals surface area contributed by atoms with Crippen LogP contribution in [0, 0.1) is 6.92 Å². The zero-order valence-corrected chi connectivity index (χ0v) is 18.1. The fraction of sp³-hybridized carbons (Fsp3) is 0.174. The largest absolute Gasteiger partial charge is 0.493 e. The van der Waals surface area contributed by atoms with Gasteiger partial charge in [0.05, 0.1) is 18.6 Å². The van der Waals surface area contributed by atoms with Crippen LogP contribution in [0.2, 0.25) is 0 Å². The normalized spacial score (nSPS) is 10.9. The summed E-state index contributed by atoms with van der Waals surface area (Å²) in [5.74, 6) is 0.794. The number of aryl methyl sites for hydroxylation is 1. The number of rotatable bonds is 9. The number of anilines is 1. The second-order valence-electron chi connectivity index (χ2n) is 6.71. The van der Waals surface area contributed by atoms with Crippen LogP contribution in [-0.4, -0.2) is 34.6 Å². The predicted octanol–water partition coefficient (Wildman–Crippen LogP) is 3.61. The van der Waals surface area contributed by atoms with Gasteiger partial charge in [-0.2, -0.15) is 0 Å². The Kier molecular flexibility index (Phi) is 7.15. The van der Waals surface area contributed by atoms with Crippen molar-refractivity contribution in [3.05, 3.63) is 83.9 Å². The van der Waals surface area contributed by atoms with E-state index >= 15 is 0 Å². The van der Waals surface area contributed by atoms with Crippen LogP contribution in [0.15, 0.2) is 77.7 Å². The summed E-state index contributed by atoms with van der Waals surface area (Å²) in [5, 5.41) is 2.73. The van der Waals surface area contributed by atoms with Crippen LogP contribution in [-0.2, 0) is 10.0 Å². The molecule has 0 unspecified atom stereocenters. The molecule has 3 aromatic carbocycles. The second kappa shape index (κ2) is 9.99. The number of methoxy groups -OCH3 is 1. The van der Waals surface area contributed by atoms with E-state index in [9.17, 15) is 13.2 Å². The van der Waals surface area contributed by atoms with Gasteiger partial charge in [-0.1, -0.05) is 36.4 Å². The lowest BCUT2D eigenvalue weighted by Gasteiger charge is -2.13. The summed E-state index contributed by atoms with van der Waals surface area (Å²) >= 11 is 0. The third-order valence-corrected chi connectivity index (χ3v) is 6.00. The number of benzene rings is 3. The van der Waals surface area contributed by atoms with E-state index in [1.54, 1.807) is 68.6 Å². The van der Waals surface area contributed by atoms with E-state index in [0.717, 1.165) is 0 Å². The number of carbonyl (C=O) groups excluding carboxylic acids is 1. The number of sulfonamides is 1. The van der Waals surface area contributed by atoms with Crippen LogP contribution in [0.3, 0.4) is 0 Å². The summed E-state index contributed by atoms with van der Waals surface area (Å²) in [6.45, 7) is 2.16. The maximum absolute atomic E-state index is 12.8. The van der Waals surface area contributed by atoms with Gasteiger partial charge < -0.3 is 14.8 Å². The van der Waals surface area contributed by atoms with Gasteiger partial charge in [0.15, 0.2) is 11.5 Å². The van der Waals surface area contributed by atoms with Gasteiger partial charge in [0.1, 0.15) is 6.61 Å². The minimum absolute atomic E-state index is 0.0503. The average molecular weight is 441 g/mol. The maximum Gasteiger partial charge on any atom is 0.262 e. The van der Waals surface area contributed by atoms with Crippen LogP contribution in [0.5, 0.6) is 11.5 Å². The summed E-state index contributed by atoms with van der Waals surface area (Å²) in [7, 11) is -2.28. The van der Waals surface area contributed by atoms with Crippen molar-refractivity contribution < 1.29 is 22.7 Å². The molecular weight excluding hydrogens is 416 g/mol. The Morgan fingerprint density at radius 3 is 2.32 bits per heavy atom. The van der Waals surface area contributed by atoms with Gasteiger partial charge in [0.25, 0.3) is 15.9 Å². The van der Waals surface area contributed by atoms with E-state index in [1.165, 1.54) is 6.07 Å². The average Bonchev–Trinajstić information content (AvgIpc) is 2.77. The van der Waals surface area contributed by atoms with Gasteiger partial charge in [-0.05, 0) is 48.9 Å².